The summed E-state index contributed by atoms with van der Waals surface area (Å²) in [6, 6.07) is 0. The molecule has 0 saturated heterocycles. The monoisotopic (exact) mass is 188 g/mol. The van der Waals surface area contributed by atoms with Crippen molar-refractivity contribution in [2.75, 3.05) is 26.2 Å². The van der Waals surface area contributed by atoms with Gasteiger partial charge in [-0.05, 0) is 13.8 Å². The van der Waals surface area contributed by atoms with Crippen molar-refractivity contribution in [1.29, 1.82) is 0 Å². The lowest BCUT2D eigenvalue weighted by molar-refractivity contribution is -0.136. The molecule has 0 aliphatic heterocycles. The molecule has 0 radical (unpaired) electrons. The number of carbonyl (C=O) groups is 2. The first-order chi connectivity index (χ1) is 6.11. The van der Waals surface area contributed by atoms with Crippen LogP contribution in [0, 0.1) is 0 Å². The number of rotatable bonds is 6. The molecular weight excluding hydrogens is 172 g/mol. The van der Waals surface area contributed by atoms with E-state index >= 15 is 0 Å². The second kappa shape index (κ2) is 6.42. The molecule has 0 saturated carbocycles. The first-order valence-corrected chi connectivity index (χ1v) is 4.32. The Balaban J connectivity index is 3.66. The Morgan fingerprint density at radius 1 is 1.23 bits per heavy atom. The number of nitrogens with one attached hydrogen (secondary N) is 1. The van der Waals surface area contributed by atoms with Crippen molar-refractivity contribution in [2.45, 2.75) is 13.8 Å². The van der Waals surface area contributed by atoms with E-state index in [4.69, 9.17) is 5.11 Å². The van der Waals surface area contributed by atoms with Gasteiger partial charge in [-0.25, -0.2) is 0 Å². The van der Waals surface area contributed by atoms with Gasteiger partial charge in [0.15, 0.2) is 0 Å². The zero-order valence-corrected chi connectivity index (χ0v) is 8.04. The SMILES string of the molecule is CCN(CC)C(=O)CNCC(=O)O. The van der Waals surface area contributed by atoms with Gasteiger partial charge in [0.25, 0.3) is 0 Å². The summed E-state index contributed by atoms with van der Waals surface area (Å²) in [5.74, 6) is -1.02. The molecule has 0 spiro atoms. The average Bonchev–Trinajstić information content (AvgIpc) is 2.05. The summed E-state index contributed by atoms with van der Waals surface area (Å²) >= 11 is 0. The fraction of sp³-hybridized carbons (Fsp3) is 0.750. The fourth-order valence-electron chi connectivity index (χ4n) is 0.964. The first-order valence-electron chi connectivity index (χ1n) is 4.32. The fourth-order valence-corrected chi connectivity index (χ4v) is 0.964. The van der Waals surface area contributed by atoms with Crippen molar-refractivity contribution < 1.29 is 14.7 Å². The van der Waals surface area contributed by atoms with Crippen molar-refractivity contribution >= 4 is 11.9 Å². The van der Waals surface area contributed by atoms with E-state index in [1.807, 2.05) is 13.8 Å². The molecule has 0 atom stereocenters. The van der Waals surface area contributed by atoms with Gasteiger partial charge in [0.2, 0.25) is 5.91 Å². The standard InChI is InChI=1S/C8H16N2O3/c1-3-10(4-2)7(11)5-9-6-8(12)13/h9H,3-6H2,1-2H3,(H,12,13). The minimum atomic E-state index is -0.952. The highest BCUT2D eigenvalue weighted by Crippen LogP contribution is 1.86. The highest BCUT2D eigenvalue weighted by atomic mass is 16.4. The van der Waals surface area contributed by atoms with Gasteiger partial charge < -0.3 is 10.0 Å². The van der Waals surface area contributed by atoms with E-state index in [1.165, 1.54) is 0 Å². The van der Waals surface area contributed by atoms with Crippen LogP contribution >= 0.6 is 0 Å². The predicted octanol–water partition coefficient (Wildman–Crippen LogP) is -0.471. The van der Waals surface area contributed by atoms with E-state index in [1.54, 1.807) is 4.90 Å². The van der Waals surface area contributed by atoms with Crippen molar-refractivity contribution in [3.8, 4) is 0 Å². The van der Waals surface area contributed by atoms with Crippen LogP contribution in [0.25, 0.3) is 0 Å². The van der Waals surface area contributed by atoms with Crippen LogP contribution in [-0.4, -0.2) is 48.1 Å². The second-order valence-electron chi connectivity index (χ2n) is 2.56. The van der Waals surface area contributed by atoms with Crippen LogP contribution < -0.4 is 5.32 Å². The number of aliphatic carboxylic acids is 1. The molecule has 1 amide bonds. The number of amides is 1. The Kier molecular flexibility index (Phi) is 5.88. The third-order valence-corrected chi connectivity index (χ3v) is 1.67. The molecule has 0 unspecified atom stereocenters. The van der Waals surface area contributed by atoms with Crippen LogP contribution in [-0.2, 0) is 9.59 Å². The van der Waals surface area contributed by atoms with Crippen LogP contribution in [0.2, 0.25) is 0 Å². The summed E-state index contributed by atoms with van der Waals surface area (Å²) in [6.45, 7) is 5.01. The number of carbonyl (C=O) groups excluding carboxylic acids is 1. The third kappa shape index (κ3) is 5.19. The molecule has 0 rings (SSSR count). The number of likely N-dealkylation sites (N-methyl/N-ethyl adjacent to an activating group) is 1. The normalized spacial score (nSPS) is 9.69. The van der Waals surface area contributed by atoms with Gasteiger partial charge in [-0.15, -0.1) is 0 Å². The van der Waals surface area contributed by atoms with Crippen LogP contribution in [0.4, 0.5) is 0 Å². The van der Waals surface area contributed by atoms with E-state index in [-0.39, 0.29) is 19.0 Å². The van der Waals surface area contributed by atoms with Gasteiger partial charge >= 0.3 is 5.97 Å². The van der Waals surface area contributed by atoms with E-state index < -0.39 is 5.97 Å². The molecule has 0 aliphatic rings. The number of hydrogen-bond donors (Lipinski definition) is 2. The Hall–Kier alpha value is -1.10. The molecule has 0 aromatic rings. The number of hydrogen-bond acceptors (Lipinski definition) is 3. The molecule has 2 N–H and O–H groups in total. The maximum Gasteiger partial charge on any atom is 0.317 e. The lowest BCUT2D eigenvalue weighted by Crippen LogP contribution is -2.39. The lowest BCUT2D eigenvalue weighted by Gasteiger charge is -2.18. The van der Waals surface area contributed by atoms with Crippen LogP contribution in [0.15, 0.2) is 0 Å². The zero-order valence-electron chi connectivity index (χ0n) is 8.04. The molecule has 76 valence electrons. The summed E-state index contributed by atoms with van der Waals surface area (Å²) < 4.78 is 0. The Morgan fingerprint density at radius 2 is 1.77 bits per heavy atom. The quantitative estimate of drug-likeness (QED) is 0.591. The largest absolute Gasteiger partial charge is 0.480 e. The first kappa shape index (κ1) is 11.9. The molecular formula is C8H16N2O3. The molecule has 0 aromatic carbocycles. The van der Waals surface area contributed by atoms with Crippen molar-refractivity contribution in [2.24, 2.45) is 0 Å². The zero-order chi connectivity index (χ0) is 10.3. The minimum absolute atomic E-state index is 0.0637. The third-order valence-electron chi connectivity index (χ3n) is 1.67. The van der Waals surface area contributed by atoms with Crippen LogP contribution in [0.1, 0.15) is 13.8 Å². The Bertz CT molecular complexity index is 178. The van der Waals surface area contributed by atoms with E-state index in [9.17, 15) is 9.59 Å². The van der Waals surface area contributed by atoms with E-state index in [2.05, 4.69) is 5.32 Å². The summed E-state index contributed by atoms with van der Waals surface area (Å²) in [4.78, 5) is 23.0. The maximum atomic E-state index is 11.3. The molecule has 0 aromatic heterocycles. The van der Waals surface area contributed by atoms with Crippen molar-refractivity contribution in [1.82, 2.24) is 10.2 Å². The average molecular weight is 188 g/mol. The van der Waals surface area contributed by atoms with E-state index in [0.717, 1.165) is 0 Å². The number of nitrogens with zero attached hydrogens (tertiary/aromatic N) is 1. The number of carboxylic acid groups (broad SMARTS) is 1. The molecule has 0 aliphatic carbocycles. The lowest BCUT2D eigenvalue weighted by atomic mass is 10.4. The van der Waals surface area contributed by atoms with E-state index in [0.29, 0.717) is 13.1 Å². The maximum absolute atomic E-state index is 11.3. The molecule has 0 fully saturated rings. The topological polar surface area (TPSA) is 69.6 Å². The minimum Gasteiger partial charge on any atom is -0.480 e. The van der Waals surface area contributed by atoms with Gasteiger partial charge in [-0.3, -0.25) is 14.9 Å². The predicted molar refractivity (Wildman–Crippen MR) is 48.4 cm³/mol. The van der Waals surface area contributed by atoms with Gasteiger partial charge in [0, 0.05) is 13.1 Å². The van der Waals surface area contributed by atoms with Gasteiger partial charge in [-0.2, -0.15) is 0 Å². The van der Waals surface area contributed by atoms with Gasteiger partial charge in [0.1, 0.15) is 0 Å². The Labute approximate surface area is 77.7 Å². The smallest absolute Gasteiger partial charge is 0.317 e. The molecule has 13 heavy (non-hydrogen) atoms. The highest BCUT2D eigenvalue weighted by molar-refractivity contribution is 5.79. The molecule has 0 heterocycles. The summed E-state index contributed by atoms with van der Waals surface area (Å²) in [5.41, 5.74) is 0. The summed E-state index contributed by atoms with van der Waals surface area (Å²) in [5, 5.41) is 10.8. The molecule has 5 heteroatoms. The summed E-state index contributed by atoms with van der Waals surface area (Å²) in [6.07, 6.45) is 0. The molecule has 5 nitrogen and oxygen atoms in total. The Morgan fingerprint density at radius 3 is 2.15 bits per heavy atom. The van der Waals surface area contributed by atoms with Crippen molar-refractivity contribution in [3.63, 3.8) is 0 Å². The summed E-state index contributed by atoms with van der Waals surface area (Å²) in [7, 11) is 0. The van der Waals surface area contributed by atoms with Crippen molar-refractivity contribution in [3.05, 3.63) is 0 Å². The number of carboxylic acids is 1. The highest BCUT2D eigenvalue weighted by Gasteiger charge is 2.08. The van der Waals surface area contributed by atoms with Crippen LogP contribution in [0.3, 0.4) is 0 Å². The second-order valence-corrected chi connectivity index (χ2v) is 2.56. The van der Waals surface area contributed by atoms with Gasteiger partial charge in [0.05, 0.1) is 13.1 Å². The van der Waals surface area contributed by atoms with Gasteiger partial charge in [-0.1, -0.05) is 0 Å². The van der Waals surface area contributed by atoms with Crippen LogP contribution in [0.5, 0.6) is 0 Å². The molecule has 0 bridgehead atoms.